The van der Waals surface area contributed by atoms with Crippen LogP contribution in [0.2, 0.25) is 0 Å². The lowest BCUT2D eigenvalue weighted by molar-refractivity contribution is -0.126. The Kier molecular flexibility index (Phi) is 3.99. The monoisotopic (exact) mass is 364 g/mol. The number of rotatable bonds is 3. The van der Waals surface area contributed by atoms with Crippen LogP contribution in [0.15, 0.2) is 53.7 Å². The minimum Gasteiger partial charge on any atom is -0.465 e. The molecule has 136 valence electrons. The molecular weight excluding hydrogens is 348 g/mol. The molecule has 0 spiro atoms. The normalized spacial score (nSPS) is 21.0. The van der Waals surface area contributed by atoms with Crippen molar-refractivity contribution >= 4 is 29.2 Å². The highest BCUT2D eigenvalue weighted by molar-refractivity contribution is 6.33. The number of fused-ring (bicyclic) bond motifs is 1. The van der Waals surface area contributed by atoms with Crippen LogP contribution in [-0.4, -0.2) is 36.7 Å². The summed E-state index contributed by atoms with van der Waals surface area (Å²) in [5.74, 6) is -2.49. The summed E-state index contributed by atoms with van der Waals surface area (Å²) < 4.78 is 4.76. The second-order valence-corrected chi connectivity index (χ2v) is 6.37. The predicted octanol–water partition coefficient (Wildman–Crippen LogP) is 2.07. The molecule has 7 heteroatoms. The van der Waals surface area contributed by atoms with Crippen LogP contribution in [-0.2, 0) is 19.2 Å². The van der Waals surface area contributed by atoms with Crippen LogP contribution in [0.25, 0.3) is 0 Å². The number of benzene rings is 2. The number of esters is 1. The lowest BCUT2D eigenvalue weighted by Crippen LogP contribution is -2.34. The van der Waals surface area contributed by atoms with E-state index in [0.29, 0.717) is 5.71 Å². The molecule has 0 bridgehead atoms. The fourth-order valence-corrected chi connectivity index (χ4v) is 3.33. The van der Waals surface area contributed by atoms with Crippen molar-refractivity contribution in [3.63, 3.8) is 0 Å². The summed E-state index contributed by atoms with van der Waals surface area (Å²) in [5.41, 5.74) is 2.52. The van der Waals surface area contributed by atoms with Gasteiger partial charge in [0, 0.05) is 5.56 Å². The molecule has 4 rings (SSSR count). The van der Waals surface area contributed by atoms with Crippen molar-refractivity contribution in [1.82, 2.24) is 0 Å². The standard InChI is InChI=1S/C20H16N2O5/c1-11-7-9-12(10-8-11)16-15-17(27-21-16)19(24)22(18(15)23)14-6-4-3-5-13(14)20(25)26-2/h3-10,15,17H,1-2H3/t15-,17-/m0/s1. The van der Waals surface area contributed by atoms with Crippen molar-refractivity contribution in [2.45, 2.75) is 13.0 Å². The van der Waals surface area contributed by atoms with E-state index in [-0.39, 0.29) is 11.3 Å². The van der Waals surface area contributed by atoms with Crippen LogP contribution < -0.4 is 4.90 Å². The van der Waals surface area contributed by atoms with Crippen molar-refractivity contribution in [2.24, 2.45) is 11.1 Å². The van der Waals surface area contributed by atoms with E-state index in [1.54, 1.807) is 12.1 Å². The molecule has 2 aromatic rings. The van der Waals surface area contributed by atoms with Crippen molar-refractivity contribution in [2.75, 3.05) is 12.0 Å². The average molecular weight is 364 g/mol. The smallest absolute Gasteiger partial charge is 0.339 e. The first-order valence-electron chi connectivity index (χ1n) is 8.39. The Morgan fingerprint density at radius 3 is 2.48 bits per heavy atom. The first-order chi connectivity index (χ1) is 13.0. The molecule has 0 N–H and O–H groups in total. The molecule has 2 aliphatic heterocycles. The highest BCUT2D eigenvalue weighted by Gasteiger charge is 2.56. The van der Waals surface area contributed by atoms with Crippen molar-refractivity contribution in [3.8, 4) is 0 Å². The summed E-state index contributed by atoms with van der Waals surface area (Å²) in [7, 11) is 1.24. The van der Waals surface area contributed by atoms with Crippen LogP contribution in [0.4, 0.5) is 5.69 Å². The first-order valence-corrected chi connectivity index (χ1v) is 8.39. The predicted molar refractivity (Wildman–Crippen MR) is 96.4 cm³/mol. The van der Waals surface area contributed by atoms with E-state index in [4.69, 9.17) is 9.57 Å². The number of para-hydroxylation sites is 1. The van der Waals surface area contributed by atoms with Crippen LogP contribution in [0, 0.1) is 12.8 Å². The Labute approximate surface area is 155 Å². The zero-order chi connectivity index (χ0) is 19.1. The zero-order valence-electron chi connectivity index (χ0n) is 14.7. The third-order valence-electron chi connectivity index (χ3n) is 4.71. The van der Waals surface area contributed by atoms with Gasteiger partial charge in [-0.3, -0.25) is 9.59 Å². The lowest BCUT2D eigenvalue weighted by atomic mass is 9.93. The molecule has 1 fully saturated rings. The van der Waals surface area contributed by atoms with Crippen molar-refractivity contribution in [3.05, 3.63) is 65.2 Å². The average Bonchev–Trinajstić information content (AvgIpc) is 3.22. The third kappa shape index (κ3) is 2.59. The fourth-order valence-electron chi connectivity index (χ4n) is 3.33. The second kappa shape index (κ2) is 6.35. The van der Waals surface area contributed by atoms with E-state index in [0.717, 1.165) is 16.0 Å². The maximum atomic E-state index is 13.1. The van der Waals surface area contributed by atoms with Crippen LogP contribution in [0.1, 0.15) is 21.5 Å². The quantitative estimate of drug-likeness (QED) is 0.615. The number of amides is 2. The molecule has 2 heterocycles. The van der Waals surface area contributed by atoms with E-state index >= 15 is 0 Å². The van der Waals surface area contributed by atoms with Gasteiger partial charge in [-0.15, -0.1) is 0 Å². The molecule has 0 radical (unpaired) electrons. The van der Waals surface area contributed by atoms with Gasteiger partial charge in [-0.1, -0.05) is 47.1 Å². The molecule has 7 nitrogen and oxygen atoms in total. The van der Waals surface area contributed by atoms with E-state index in [1.807, 2.05) is 31.2 Å². The molecular formula is C20H16N2O5. The Balaban J connectivity index is 1.73. The second-order valence-electron chi connectivity index (χ2n) is 6.37. The summed E-state index contributed by atoms with van der Waals surface area (Å²) in [6, 6.07) is 13.8. The minimum atomic E-state index is -1.03. The van der Waals surface area contributed by atoms with Gasteiger partial charge in [-0.25, -0.2) is 9.69 Å². The number of ether oxygens (including phenoxy) is 1. The van der Waals surface area contributed by atoms with E-state index < -0.39 is 29.8 Å². The summed E-state index contributed by atoms with van der Waals surface area (Å²) in [5, 5.41) is 3.98. The molecule has 0 unspecified atom stereocenters. The lowest BCUT2D eigenvalue weighted by Gasteiger charge is -2.18. The molecule has 2 atom stereocenters. The van der Waals surface area contributed by atoms with Crippen LogP contribution in [0.5, 0.6) is 0 Å². The molecule has 0 aliphatic carbocycles. The number of nitrogens with zero attached hydrogens (tertiary/aromatic N) is 2. The summed E-state index contributed by atoms with van der Waals surface area (Å²) in [6.45, 7) is 1.95. The Hall–Kier alpha value is -3.48. The van der Waals surface area contributed by atoms with E-state index in [2.05, 4.69) is 5.16 Å². The number of imide groups is 1. The Bertz CT molecular complexity index is 980. The number of methoxy groups -OCH3 is 1. The number of carbonyl (C=O) groups excluding carboxylic acids is 3. The van der Waals surface area contributed by atoms with Gasteiger partial charge in [-0.05, 0) is 19.1 Å². The van der Waals surface area contributed by atoms with Gasteiger partial charge in [0.15, 0.2) is 0 Å². The highest BCUT2D eigenvalue weighted by atomic mass is 16.6. The van der Waals surface area contributed by atoms with Gasteiger partial charge in [0.1, 0.15) is 11.6 Å². The zero-order valence-corrected chi connectivity index (χ0v) is 14.7. The van der Waals surface area contributed by atoms with Gasteiger partial charge in [0.25, 0.3) is 5.91 Å². The SMILES string of the molecule is COC(=O)c1ccccc1N1C(=O)[C@H]2C(c3ccc(C)cc3)=NO[C@@H]2C1=O. The number of carbonyl (C=O) groups is 3. The van der Waals surface area contributed by atoms with Gasteiger partial charge in [-0.2, -0.15) is 0 Å². The summed E-state index contributed by atoms with van der Waals surface area (Å²) >= 11 is 0. The van der Waals surface area contributed by atoms with Gasteiger partial charge in [0.05, 0.1) is 18.4 Å². The van der Waals surface area contributed by atoms with Crippen LogP contribution >= 0.6 is 0 Å². The summed E-state index contributed by atoms with van der Waals surface area (Å²) in [4.78, 5) is 44.3. The number of anilines is 1. The maximum Gasteiger partial charge on any atom is 0.339 e. The molecule has 0 aromatic heterocycles. The third-order valence-corrected chi connectivity index (χ3v) is 4.71. The Morgan fingerprint density at radius 2 is 1.78 bits per heavy atom. The first kappa shape index (κ1) is 17.0. The van der Waals surface area contributed by atoms with Gasteiger partial charge in [0.2, 0.25) is 12.0 Å². The largest absolute Gasteiger partial charge is 0.465 e. The van der Waals surface area contributed by atoms with Gasteiger partial charge >= 0.3 is 5.97 Å². The number of hydrogen-bond acceptors (Lipinski definition) is 6. The van der Waals surface area contributed by atoms with Crippen LogP contribution in [0.3, 0.4) is 0 Å². The molecule has 27 heavy (non-hydrogen) atoms. The van der Waals surface area contributed by atoms with E-state index in [1.165, 1.54) is 19.2 Å². The highest BCUT2D eigenvalue weighted by Crippen LogP contribution is 2.36. The molecule has 2 amide bonds. The molecule has 1 saturated heterocycles. The topological polar surface area (TPSA) is 85.3 Å². The fraction of sp³-hybridized carbons (Fsp3) is 0.200. The van der Waals surface area contributed by atoms with E-state index in [9.17, 15) is 14.4 Å². The maximum absolute atomic E-state index is 13.1. The molecule has 0 saturated carbocycles. The molecule has 2 aromatic carbocycles. The Morgan fingerprint density at radius 1 is 1.07 bits per heavy atom. The van der Waals surface area contributed by atoms with Crippen molar-refractivity contribution in [1.29, 1.82) is 0 Å². The number of aryl methyl sites for hydroxylation is 1. The van der Waals surface area contributed by atoms with Crippen molar-refractivity contribution < 1.29 is 24.0 Å². The number of oxime groups is 1. The summed E-state index contributed by atoms with van der Waals surface area (Å²) in [6.07, 6.45) is -1.03. The molecule has 2 aliphatic rings. The van der Waals surface area contributed by atoms with Gasteiger partial charge < -0.3 is 9.57 Å². The number of hydrogen-bond donors (Lipinski definition) is 0. The minimum absolute atomic E-state index is 0.135.